The van der Waals surface area contributed by atoms with Crippen LogP contribution in [-0.2, 0) is 13.0 Å². The van der Waals surface area contributed by atoms with Gasteiger partial charge in [0.2, 0.25) is 0 Å². The molecule has 0 aromatic carbocycles. The van der Waals surface area contributed by atoms with Crippen LogP contribution in [0.5, 0.6) is 0 Å². The van der Waals surface area contributed by atoms with E-state index in [1.54, 1.807) is 28.9 Å². The molecule has 0 amide bonds. The minimum atomic E-state index is -0.456. The number of aromatic nitrogens is 2. The first-order valence-corrected chi connectivity index (χ1v) is 7.62. The van der Waals surface area contributed by atoms with Crippen LogP contribution < -0.4 is 0 Å². The molecule has 3 rings (SSSR count). The number of aryl methyl sites for hydroxylation is 1. The second-order valence-corrected chi connectivity index (χ2v) is 6.21. The molecule has 5 heteroatoms. The molecule has 3 aromatic rings. The molecular formula is C13H14N2OS2. The van der Waals surface area contributed by atoms with Crippen LogP contribution in [-0.4, -0.2) is 14.7 Å². The number of nitrogens with zero attached hydrogens (tertiary/aromatic N) is 2. The summed E-state index contributed by atoms with van der Waals surface area (Å²) in [6, 6.07) is 4.20. The van der Waals surface area contributed by atoms with Gasteiger partial charge in [0.15, 0.2) is 0 Å². The maximum atomic E-state index is 10.3. The SMILES string of the molecule is CCn1ccnc1CC(O)c1cc2sccc2s1. The first-order valence-electron chi connectivity index (χ1n) is 5.93. The molecule has 3 aromatic heterocycles. The molecule has 0 aliphatic rings. The van der Waals surface area contributed by atoms with Crippen LogP contribution in [0.3, 0.4) is 0 Å². The first-order chi connectivity index (χ1) is 8.78. The predicted molar refractivity (Wildman–Crippen MR) is 76.3 cm³/mol. The van der Waals surface area contributed by atoms with Crippen molar-refractivity contribution in [3.63, 3.8) is 0 Å². The summed E-state index contributed by atoms with van der Waals surface area (Å²) in [7, 11) is 0. The molecule has 1 atom stereocenters. The van der Waals surface area contributed by atoms with E-state index in [0.29, 0.717) is 6.42 Å². The van der Waals surface area contributed by atoms with Gasteiger partial charge in [0.25, 0.3) is 0 Å². The number of thiophene rings is 2. The minimum Gasteiger partial charge on any atom is -0.387 e. The van der Waals surface area contributed by atoms with E-state index in [1.807, 2.05) is 6.20 Å². The van der Waals surface area contributed by atoms with Gasteiger partial charge in [-0.25, -0.2) is 4.98 Å². The fourth-order valence-corrected chi connectivity index (χ4v) is 4.15. The van der Waals surface area contributed by atoms with Crippen LogP contribution in [0, 0.1) is 0 Å². The lowest BCUT2D eigenvalue weighted by molar-refractivity contribution is 0.178. The molecule has 0 spiro atoms. The summed E-state index contributed by atoms with van der Waals surface area (Å²) in [5.41, 5.74) is 0. The third-order valence-electron chi connectivity index (χ3n) is 3.01. The van der Waals surface area contributed by atoms with Crippen molar-refractivity contribution >= 4 is 32.1 Å². The normalized spacial score (nSPS) is 13.2. The Hall–Kier alpha value is -1.17. The molecule has 0 bridgehead atoms. The molecular weight excluding hydrogens is 264 g/mol. The highest BCUT2D eigenvalue weighted by Crippen LogP contribution is 2.34. The van der Waals surface area contributed by atoms with Gasteiger partial charge in [-0.15, -0.1) is 22.7 Å². The lowest BCUT2D eigenvalue weighted by Gasteiger charge is -2.09. The smallest absolute Gasteiger partial charge is 0.111 e. The summed E-state index contributed by atoms with van der Waals surface area (Å²) < 4.78 is 4.58. The Balaban J connectivity index is 1.82. The van der Waals surface area contributed by atoms with E-state index in [2.05, 4.69) is 34.0 Å². The highest BCUT2D eigenvalue weighted by Gasteiger charge is 2.15. The quantitative estimate of drug-likeness (QED) is 0.793. The van der Waals surface area contributed by atoms with E-state index < -0.39 is 6.10 Å². The minimum absolute atomic E-state index is 0.456. The average Bonchev–Trinajstić information content (AvgIpc) is 3.02. The summed E-state index contributed by atoms with van der Waals surface area (Å²) in [4.78, 5) is 5.33. The molecule has 0 fully saturated rings. The maximum Gasteiger partial charge on any atom is 0.111 e. The van der Waals surface area contributed by atoms with Gasteiger partial charge in [0.05, 0.1) is 6.10 Å². The molecule has 0 aliphatic carbocycles. The zero-order valence-electron chi connectivity index (χ0n) is 10.0. The maximum absolute atomic E-state index is 10.3. The van der Waals surface area contributed by atoms with Crippen molar-refractivity contribution in [1.29, 1.82) is 0 Å². The van der Waals surface area contributed by atoms with E-state index in [-0.39, 0.29) is 0 Å². The van der Waals surface area contributed by atoms with Gasteiger partial charge in [0, 0.05) is 39.6 Å². The largest absolute Gasteiger partial charge is 0.387 e. The van der Waals surface area contributed by atoms with Crippen LogP contribution in [0.4, 0.5) is 0 Å². The summed E-state index contributed by atoms with van der Waals surface area (Å²) in [5, 5.41) is 12.4. The van der Waals surface area contributed by atoms with Gasteiger partial charge in [0.1, 0.15) is 5.82 Å². The number of imidazole rings is 1. The second kappa shape index (κ2) is 4.84. The molecule has 18 heavy (non-hydrogen) atoms. The van der Waals surface area contributed by atoms with Crippen molar-refractivity contribution in [3.05, 3.63) is 40.6 Å². The molecule has 94 valence electrons. The van der Waals surface area contributed by atoms with Gasteiger partial charge < -0.3 is 9.67 Å². The lowest BCUT2D eigenvalue weighted by Crippen LogP contribution is -2.07. The Morgan fingerprint density at radius 2 is 2.33 bits per heavy atom. The van der Waals surface area contributed by atoms with Gasteiger partial charge in [-0.1, -0.05) is 0 Å². The molecule has 0 saturated heterocycles. The van der Waals surface area contributed by atoms with Crippen LogP contribution >= 0.6 is 22.7 Å². The Bertz CT molecular complexity index is 624. The highest BCUT2D eigenvalue weighted by molar-refractivity contribution is 7.26. The van der Waals surface area contributed by atoms with Crippen molar-refractivity contribution in [3.8, 4) is 0 Å². The highest BCUT2D eigenvalue weighted by atomic mass is 32.1. The molecule has 0 aliphatic heterocycles. The monoisotopic (exact) mass is 278 g/mol. The molecule has 3 nitrogen and oxygen atoms in total. The fraction of sp³-hybridized carbons (Fsp3) is 0.308. The van der Waals surface area contributed by atoms with Crippen molar-refractivity contribution in [2.24, 2.45) is 0 Å². The third kappa shape index (κ3) is 2.09. The number of rotatable bonds is 4. The zero-order valence-corrected chi connectivity index (χ0v) is 11.7. The lowest BCUT2D eigenvalue weighted by atomic mass is 10.2. The number of aliphatic hydroxyl groups excluding tert-OH is 1. The number of aliphatic hydroxyl groups is 1. The summed E-state index contributed by atoms with van der Waals surface area (Å²) in [5.74, 6) is 0.946. The van der Waals surface area contributed by atoms with E-state index in [0.717, 1.165) is 17.2 Å². The Morgan fingerprint density at radius 1 is 1.44 bits per heavy atom. The van der Waals surface area contributed by atoms with Crippen molar-refractivity contribution < 1.29 is 5.11 Å². The summed E-state index contributed by atoms with van der Waals surface area (Å²) in [6.07, 6.45) is 3.87. The van der Waals surface area contributed by atoms with E-state index in [1.165, 1.54) is 9.40 Å². The molecule has 1 unspecified atom stereocenters. The molecule has 0 radical (unpaired) electrons. The van der Waals surface area contributed by atoms with Crippen LogP contribution in [0.25, 0.3) is 9.40 Å². The Kier molecular flexibility index (Phi) is 3.20. The van der Waals surface area contributed by atoms with Crippen LogP contribution in [0.2, 0.25) is 0 Å². The standard InChI is InChI=1S/C13H14N2OS2/c1-2-15-5-4-14-13(15)7-9(16)11-8-12-10(18-11)3-6-17-12/h3-6,8-9,16H,2,7H2,1H3. The number of hydrogen-bond acceptors (Lipinski definition) is 4. The fourth-order valence-electron chi connectivity index (χ4n) is 2.04. The van der Waals surface area contributed by atoms with Gasteiger partial charge in [-0.2, -0.15) is 0 Å². The first kappa shape index (κ1) is 11.9. The summed E-state index contributed by atoms with van der Waals surface area (Å²) >= 11 is 3.39. The van der Waals surface area contributed by atoms with Crippen molar-refractivity contribution in [2.75, 3.05) is 0 Å². The average molecular weight is 278 g/mol. The molecule has 1 N–H and O–H groups in total. The zero-order chi connectivity index (χ0) is 12.5. The Labute approximate surface area is 113 Å². The second-order valence-electron chi connectivity index (χ2n) is 4.15. The summed E-state index contributed by atoms with van der Waals surface area (Å²) in [6.45, 7) is 2.97. The van der Waals surface area contributed by atoms with Crippen molar-refractivity contribution in [1.82, 2.24) is 9.55 Å². The van der Waals surface area contributed by atoms with Crippen molar-refractivity contribution in [2.45, 2.75) is 26.0 Å². The van der Waals surface area contributed by atoms with Crippen LogP contribution in [0.1, 0.15) is 23.7 Å². The predicted octanol–water partition coefficient (Wildman–Crippen LogP) is 3.46. The van der Waals surface area contributed by atoms with E-state index >= 15 is 0 Å². The van der Waals surface area contributed by atoms with E-state index in [9.17, 15) is 5.11 Å². The molecule has 3 heterocycles. The third-order valence-corrected chi connectivity index (χ3v) is 5.20. The number of fused-ring (bicyclic) bond motifs is 1. The number of hydrogen-bond donors (Lipinski definition) is 1. The Morgan fingerprint density at radius 3 is 3.11 bits per heavy atom. The van der Waals surface area contributed by atoms with E-state index in [4.69, 9.17) is 0 Å². The van der Waals surface area contributed by atoms with Gasteiger partial charge in [-0.05, 0) is 24.4 Å². The van der Waals surface area contributed by atoms with Gasteiger partial charge >= 0.3 is 0 Å². The van der Waals surface area contributed by atoms with Crippen LogP contribution in [0.15, 0.2) is 29.9 Å². The van der Waals surface area contributed by atoms with Gasteiger partial charge in [-0.3, -0.25) is 0 Å². The topological polar surface area (TPSA) is 38.0 Å². The molecule has 0 saturated carbocycles.